The Bertz CT molecular complexity index is 801. The highest BCUT2D eigenvalue weighted by Crippen LogP contribution is 2.17. The minimum atomic E-state index is -3.58. The molecular formula is C21H29N2O3S+. The number of sulfonamides is 1. The molecular weight excluding hydrogens is 360 g/mol. The minimum absolute atomic E-state index is 0.264. The van der Waals surface area contributed by atoms with E-state index in [1.807, 2.05) is 42.5 Å². The van der Waals surface area contributed by atoms with Crippen LogP contribution in [0.5, 0.6) is 0 Å². The highest BCUT2D eigenvalue weighted by molar-refractivity contribution is 7.89. The Labute approximate surface area is 162 Å². The lowest BCUT2D eigenvalue weighted by Gasteiger charge is -2.28. The quantitative estimate of drug-likeness (QED) is 0.721. The fourth-order valence-electron chi connectivity index (χ4n) is 3.45. The summed E-state index contributed by atoms with van der Waals surface area (Å²) in [5.41, 5.74) is 2.15. The van der Waals surface area contributed by atoms with Gasteiger partial charge in [-0.05, 0) is 29.7 Å². The van der Waals surface area contributed by atoms with Gasteiger partial charge < -0.3 is 9.64 Å². The molecule has 2 N–H and O–H groups in total. The first kappa shape index (κ1) is 20.0. The first-order valence-electron chi connectivity index (χ1n) is 9.66. The van der Waals surface area contributed by atoms with Crippen molar-refractivity contribution in [3.8, 4) is 0 Å². The van der Waals surface area contributed by atoms with Crippen LogP contribution in [-0.2, 0) is 21.2 Å². The van der Waals surface area contributed by atoms with E-state index in [9.17, 15) is 8.42 Å². The van der Waals surface area contributed by atoms with Crippen molar-refractivity contribution in [1.29, 1.82) is 0 Å². The fourth-order valence-corrected chi connectivity index (χ4v) is 4.67. The molecule has 6 heteroatoms. The zero-order chi connectivity index (χ0) is 19.1. The van der Waals surface area contributed by atoms with Gasteiger partial charge in [-0.1, -0.05) is 55.8 Å². The molecule has 3 rings (SSSR count). The second-order valence-corrected chi connectivity index (χ2v) is 8.76. The number of aryl methyl sites for hydroxylation is 1. The van der Waals surface area contributed by atoms with Crippen molar-refractivity contribution in [3.63, 3.8) is 0 Å². The zero-order valence-electron chi connectivity index (χ0n) is 15.9. The molecule has 1 aliphatic rings. The van der Waals surface area contributed by atoms with Crippen LogP contribution in [-0.4, -0.2) is 41.3 Å². The average Bonchev–Trinajstić information content (AvgIpc) is 2.69. The van der Waals surface area contributed by atoms with Crippen LogP contribution in [0.3, 0.4) is 0 Å². The van der Waals surface area contributed by atoms with Gasteiger partial charge in [0.15, 0.2) is 0 Å². The highest BCUT2D eigenvalue weighted by atomic mass is 32.2. The van der Waals surface area contributed by atoms with E-state index in [2.05, 4.69) is 11.6 Å². The molecule has 146 valence electrons. The van der Waals surface area contributed by atoms with Crippen LogP contribution in [0.4, 0.5) is 0 Å². The second-order valence-electron chi connectivity index (χ2n) is 7.05. The van der Waals surface area contributed by atoms with E-state index in [1.165, 1.54) is 4.90 Å². The van der Waals surface area contributed by atoms with Crippen molar-refractivity contribution < 1.29 is 18.1 Å². The van der Waals surface area contributed by atoms with E-state index in [0.717, 1.165) is 50.3 Å². The summed E-state index contributed by atoms with van der Waals surface area (Å²) in [6.45, 7) is 6.07. The van der Waals surface area contributed by atoms with Crippen LogP contribution in [0.25, 0.3) is 0 Å². The summed E-state index contributed by atoms with van der Waals surface area (Å²) in [5, 5.41) is 0. The van der Waals surface area contributed by atoms with Crippen LogP contribution in [0.2, 0.25) is 0 Å². The molecule has 0 spiro atoms. The highest BCUT2D eigenvalue weighted by Gasteiger charge is 2.26. The molecule has 0 amide bonds. The Morgan fingerprint density at radius 1 is 1.04 bits per heavy atom. The maximum Gasteiger partial charge on any atom is 0.241 e. The Morgan fingerprint density at radius 3 is 2.33 bits per heavy atom. The SMILES string of the molecule is CCCc1ccc(S(=O)(=O)N[C@@H](C[NH+]2CCOCC2)c2ccccc2)cc1. The predicted octanol–water partition coefficient (Wildman–Crippen LogP) is 1.57. The Kier molecular flexibility index (Phi) is 7.01. The molecule has 1 aliphatic heterocycles. The van der Waals surface area contributed by atoms with Gasteiger partial charge in [-0.25, -0.2) is 8.42 Å². The van der Waals surface area contributed by atoms with Gasteiger partial charge in [-0.2, -0.15) is 4.72 Å². The first-order chi connectivity index (χ1) is 13.1. The Balaban J connectivity index is 1.79. The molecule has 0 saturated carbocycles. The molecule has 1 heterocycles. The van der Waals surface area contributed by atoms with Gasteiger partial charge >= 0.3 is 0 Å². The molecule has 2 aromatic rings. The lowest BCUT2D eigenvalue weighted by molar-refractivity contribution is -0.909. The molecule has 1 saturated heterocycles. The molecule has 0 aromatic heterocycles. The summed E-state index contributed by atoms with van der Waals surface area (Å²) in [5.74, 6) is 0. The normalized spacial score (nSPS) is 16.9. The van der Waals surface area contributed by atoms with Gasteiger partial charge in [0, 0.05) is 0 Å². The molecule has 1 atom stereocenters. The molecule has 27 heavy (non-hydrogen) atoms. The van der Waals surface area contributed by atoms with Crippen molar-refractivity contribution in [3.05, 3.63) is 65.7 Å². The molecule has 0 aliphatic carbocycles. The summed E-state index contributed by atoms with van der Waals surface area (Å²) in [6.07, 6.45) is 2.00. The van der Waals surface area contributed by atoms with Crippen molar-refractivity contribution in [2.45, 2.75) is 30.7 Å². The lowest BCUT2D eigenvalue weighted by atomic mass is 10.1. The largest absolute Gasteiger partial charge is 0.370 e. The number of nitrogens with one attached hydrogen (secondary N) is 2. The van der Waals surface area contributed by atoms with Crippen LogP contribution in [0.1, 0.15) is 30.5 Å². The van der Waals surface area contributed by atoms with Gasteiger partial charge in [-0.3, -0.25) is 0 Å². The Hall–Kier alpha value is -1.73. The van der Waals surface area contributed by atoms with Crippen molar-refractivity contribution in [2.75, 3.05) is 32.8 Å². The molecule has 0 radical (unpaired) electrons. The second kappa shape index (κ2) is 9.46. The van der Waals surface area contributed by atoms with Gasteiger partial charge in [0.1, 0.15) is 13.1 Å². The first-order valence-corrected chi connectivity index (χ1v) is 11.1. The smallest absolute Gasteiger partial charge is 0.241 e. The fraction of sp³-hybridized carbons (Fsp3) is 0.429. The monoisotopic (exact) mass is 389 g/mol. The van der Waals surface area contributed by atoms with E-state index >= 15 is 0 Å². The summed E-state index contributed by atoms with van der Waals surface area (Å²) >= 11 is 0. The maximum atomic E-state index is 13.0. The van der Waals surface area contributed by atoms with Crippen LogP contribution >= 0.6 is 0 Å². The zero-order valence-corrected chi connectivity index (χ0v) is 16.7. The number of quaternary nitrogens is 1. The molecule has 1 fully saturated rings. The van der Waals surface area contributed by atoms with Gasteiger partial charge in [0.2, 0.25) is 10.0 Å². The number of benzene rings is 2. The van der Waals surface area contributed by atoms with Crippen molar-refractivity contribution in [2.24, 2.45) is 0 Å². The Morgan fingerprint density at radius 2 is 1.70 bits per heavy atom. The molecule has 5 nitrogen and oxygen atoms in total. The van der Waals surface area contributed by atoms with Gasteiger partial charge in [0.25, 0.3) is 0 Å². The molecule has 0 bridgehead atoms. The summed E-state index contributed by atoms with van der Waals surface area (Å²) in [6, 6.07) is 16.8. The van der Waals surface area contributed by atoms with Crippen molar-refractivity contribution >= 4 is 10.0 Å². The predicted molar refractivity (Wildman–Crippen MR) is 106 cm³/mol. The van der Waals surface area contributed by atoms with Crippen molar-refractivity contribution in [1.82, 2.24) is 4.72 Å². The third kappa shape index (κ3) is 5.62. The number of morpholine rings is 1. The topological polar surface area (TPSA) is 59.8 Å². The number of hydrogen-bond donors (Lipinski definition) is 2. The molecule has 0 unspecified atom stereocenters. The minimum Gasteiger partial charge on any atom is -0.370 e. The van der Waals surface area contributed by atoms with Crippen LogP contribution in [0.15, 0.2) is 59.5 Å². The number of rotatable bonds is 8. The van der Waals surface area contributed by atoms with Gasteiger partial charge in [-0.15, -0.1) is 0 Å². The van der Waals surface area contributed by atoms with E-state index in [1.54, 1.807) is 12.1 Å². The standard InChI is InChI=1S/C21H28N2O3S/c1-2-6-18-9-11-20(12-10-18)27(24,25)22-21(19-7-4-3-5-8-19)17-23-13-15-26-16-14-23/h3-5,7-12,21-22H,2,6,13-17H2,1H3/p+1/t21-/m0/s1. The van der Waals surface area contributed by atoms with E-state index in [-0.39, 0.29) is 6.04 Å². The van der Waals surface area contributed by atoms with Crippen LogP contribution in [0, 0.1) is 0 Å². The van der Waals surface area contributed by atoms with Crippen LogP contribution < -0.4 is 9.62 Å². The number of hydrogen-bond acceptors (Lipinski definition) is 3. The lowest BCUT2D eigenvalue weighted by Crippen LogP contribution is -3.14. The van der Waals surface area contributed by atoms with E-state index in [0.29, 0.717) is 11.4 Å². The third-order valence-electron chi connectivity index (χ3n) is 4.96. The average molecular weight is 390 g/mol. The number of ether oxygens (including phenoxy) is 1. The third-order valence-corrected chi connectivity index (χ3v) is 6.45. The van der Waals surface area contributed by atoms with E-state index in [4.69, 9.17) is 4.74 Å². The van der Waals surface area contributed by atoms with Gasteiger partial charge in [0.05, 0.1) is 30.7 Å². The maximum absolute atomic E-state index is 13.0. The summed E-state index contributed by atoms with van der Waals surface area (Å²) < 4.78 is 34.3. The summed E-state index contributed by atoms with van der Waals surface area (Å²) in [7, 11) is -3.58. The summed E-state index contributed by atoms with van der Waals surface area (Å²) in [4.78, 5) is 1.68. The molecule has 2 aromatic carbocycles. The van der Waals surface area contributed by atoms with E-state index < -0.39 is 10.0 Å².